The van der Waals surface area contributed by atoms with E-state index in [2.05, 4.69) is 23.1 Å². The number of phosphoric acid groups is 3. The Morgan fingerprint density at radius 1 is 1.03 bits per heavy atom. The van der Waals surface area contributed by atoms with Crippen LogP contribution in [0.25, 0.3) is 11.0 Å². The Morgan fingerprint density at radius 3 is 2.26 bits per heavy atom. The van der Waals surface area contributed by atoms with Gasteiger partial charge in [0.15, 0.2) is 11.9 Å². The van der Waals surface area contributed by atoms with Crippen molar-refractivity contribution in [1.29, 1.82) is 0 Å². The molecule has 20 nitrogen and oxygen atoms in total. The lowest BCUT2D eigenvalue weighted by atomic mass is 10.1. The maximum absolute atomic E-state index is 12.6. The average molecular weight is 570 g/mol. The summed E-state index contributed by atoms with van der Waals surface area (Å²) in [6.07, 6.45) is -4.37. The number of quaternary nitrogens is 3. The van der Waals surface area contributed by atoms with Gasteiger partial charge in [-0.3, -0.25) is 23.1 Å². The summed E-state index contributed by atoms with van der Waals surface area (Å²) in [5, 5.41) is 20.3. The van der Waals surface area contributed by atoms with E-state index in [9.17, 15) is 43.4 Å². The van der Waals surface area contributed by atoms with E-state index in [-0.39, 0.29) is 29.5 Å². The molecule has 1 aliphatic rings. The lowest BCUT2D eigenvalue weighted by molar-refractivity contribution is -0.250. The molecule has 2 aromatic heterocycles. The van der Waals surface area contributed by atoms with Crippen LogP contribution in [0.3, 0.4) is 0 Å². The van der Waals surface area contributed by atoms with Gasteiger partial charge in [0.1, 0.15) is 24.6 Å². The number of rotatable bonds is 8. The van der Waals surface area contributed by atoms with Crippen LogP contribution in [-0.4, -0.2) is 54.6 Å². The number of aliphatic hydroxyl groups excluding tert-OH is 2. The number of aliphatic hydroxyl groups is 2. The summed E-state index contributed by atoms with van der Waals surface area (Å²) in [6, 6.07) is 2.86. The minimum Gasteiger partial charge on any atom is -0.756 e. The van der Waals surface area contributed by atoms with Crippen molar-refractivity contribution < 1.29 is 61.4 Å². The Morgan fingerprint density at radius 2 is 1.66 bits per heavy atom. The lowest BCUT2D eigenvalue weighted by Gasteiger charge is -2.33. The van der Waals surface area contributed by atoms with Crippen molar-refractivity contribution in [3.8, 4) is 0 Å². The molecule has 1 fully saturated rings. The Kier molecular flexibility index (Phi) is 11.6. The minimum absolute atomic E-state index is 0. The molecule has 0 bridgehead atoms. The first-order chi connectivity index (χ1) is 14.7. The topological polar surface area (TPSA) is 375 Å². The predicted molar refractivity (Wildman–Crippen MR) is 111 cm³/mol. The normalized spacial score (nSPS) is 26.8. The van der Waals surface area contributed by atoms with Crippen LogP contribution >= 0.6 is 23.5 Å². The molecule has 202 valence electrons. The average Bonchev–Trinajstić information content (AvgIpc) is 2.92. The third kappa shape index (κ3) is 8.24. The Bertz CT molecular complexity index is 1210. The monoisotopic (exact) mass is 570 g/mol. The highest BCUT2D eigenvalue weighted by Crippen LogP contribution is 2.61. The van der Waals surface area contributed by atoms with Crippen LogP contribution in [0.1, 0.15) is 6.23 Å². The number of hydrogen-bond acceptors (Lipinski definition) is 15. The second kappa shape index (κ2) is 12.1. The van der Waals surface area contributed by atoms with Crippen molar-refractivity contribution in [2.75, 3.05) is 6.61 Å². The smallest absolute Gasteiger partial charge is 0.280 e. The van der Waals surface area contributed by atoms with Gasteiger partial charge in [-0.2, -0.15) is 0 Å². The number of nitrogens with zero attached hydrogens (tertiary/aromatic N) is 3. The van der Waals surface area contributed by atoms with Crippen LogP contribution in [0.2, 0.25) is 0 Å². The number of aromatic nitrogens is 3. The van der Waals surface area contributed by atoms with Crippen molar-refractivity contribution >= 4 is 34.5 Å². The zero-order chi connectivity index (χ0) is 23.9. The van der Waals surface area contributed by atoms with Crippen molar-refractivity contribution in [1.82, 2.24) is 33.0 Å². The summed E-state index contributed by atoms with van der Waals surface area (Å²) in [6.45, 7) is -1.12. The minimum atomic E-state index is -6.10. The number of ether oxygens (including phenoxy) is 1. The SMILES string of the molecule is O=c1c2cccnc2ncn1[C@@H]1O[C@H](COP(=O)([O-])OP(=O)([O-])OP(=O)([O-])O)[C@@H](O)[C@H]1O.[NH4+].[NH4+].[NH4+]. The maximum atomic E-state index is 12.6. The molecule has 0 aliphatic carbocycles. The molecule has 0 aromatic carbocycles. The highest BCUT2D eigenvalue weighted by Gasteiger charge is 2.45. The van der Waals surface area contributed by atoms with Gasteiger partial charge in [-0.25, -0.2) is 18.6 Å². The third-order valence-electron chi connectivity index (χ3n) is 3.97. The zero-order valence-electron chi connectivity index (χ0n) is 18.3. The van der Waals surface area contributed by atoms with Gasteiger partial charge >= 0.3 is 0 Å². The van der Waals surface area contributed by atoms with Gasteiger partial charge in [-0.1, -0.05) is 0 Å². The molecule has 7 atom stereocenters. The molecule has 0 spiro atoms. The van der Waals surface area contributed by atoms with Crippen LogP contribution in [0.15, 0.2) is 29.5 Å². The molecule has 1 saturated heterocycles. The first kappa shape index (κ1) is 33.5. The maximum Gasteiger partial charge on any atom is 0.280 e. The van der Waals surface area contributed by atoms with E-state index in [1.165, 1.54) is 18.3 Å². The predicted octanol–water partition coefficient (Wildman–Crippen LogP) is -2.01. The van der Waals surface area contributed by atoms with Gasteiger partial charge in [-0.15, -0.1) is 0 Å². The Labute approximate surface area is 195 Å². The highest BCUT2D eigenvalue weighted by molar-refractivity contribution is 7.65. The second-order valence-electron chi connectivity index (χ2n) is 6.20. The summed E-state index contributed by atoms with van der Waals surface area (Å²) < 4.78 is 50.1. The summed E-state index contributed by atoms with van der Waals surface area (Å²) in [4.78, 5) is 61.9. The molecule has 0 saturated carbocycles. The van der Waals surface area contributed by atoms with E-state index in [1.54, 1.807) is 0 Å². The molecule has 35 heavy (non-hydrogen) atoms. The van der Waals surface area contributed by atoms with Crippen LogP contribution in [0, 0.1) is 0 Å². The van der Waals surface area contributed by atoms with E-state index in [0.29, 0.717) is 0 Å². The second-order valence-corrected chi connectivity index (χ2v) is 10.5. The zero-order valence-corrected chi connectivity index (χ0v) is 21.0. The molecule has 3 heterocycles. The van der Waals surface area contributed by atoms with Crippen LogP contribution in [0.4, 0.5) is 0 Å². The molecule has 0 amide bonds. The summed E-state index contributed by atoms with van der Waals surface area (Å²) in [7, 11) is -17.8. The standard InChI is InChI=1S/C12H16N3O14P3.3H3N/c16-8-7(4-26-31(22,23)29-32(24,25)28-30(19,20)21)27-12(9(8)17)15-5-14-10-6(11(15)18)2-1-3-13-10;;;/h1-3,5,7-9,12,16-17H,4H2,(H,22,23)(H,24,25)(H2,19,20,21);3*1H3/t7-,8-,9-,12-;;;/m1.../s1. The molecular weight excluding hydrogens is 545 g/mol. The molecule has 3 unspecified atom stereocenters. The Balaban J connectivity index is 0.00000385. The van der Waals surface area contributed by atoms with Gasteiger partial charge in [0, 0.05) is 6.20 Å². The van der Waals surface area contributed by atoms with Gasteiger partial charge in [0.2, 0.25) is 0 Å². The molecule has 0 radical (unpaired) electrons. The van der Waals surface area contributed by atoms with E-state index in [1.807, 2.05) is 0 Å². The molecule has 2 aromatic rings. The van der Waals surface area contributed by atoms with Gasteiger partial charge < -0.3 is 57.5 Å². The molecule has 15 N–H and O–H groups in total. The third-order valence-corrected chi connectivity index (χ3v) is 7.66. The summed E-state index contributed by atoms with van der Waals surface area (Å²) in [5.74, 6) is 0. The van der Waals surface area contributed by atoms with Crippen LogP contribution in [-0.2, 0) is 31.6 Å². The molecular formula is C12H25N6O14P3. The van der Waals surface area contributed by atoms with E-state index in [4.69, 9.17) is 9.63 Å². The first-order valence-electron chi connectivity index (χ1n) is 8.26. The fraction of sp³-hybridized carbons (Fsp3) is 0.417. The first-order valence-corrected chi connectivity index (χ1v) is 12.7. The Hall–Kier alpha value is -1.54. The quantitative estimate of drug-likeness (QED) is 0.187. The fourth-order valence-corrected chi connectivity index (χ4v) is 5.60. The number of pyridine rings is 1. The highest BCUT2D eigenvalue weighted by atomic mass is 31.3. The molecule has 23 heteroatoms. The number of hydrogen-bond donors (Lipinski definition) is 6. The molecule has 1 aliphatic heterocycles. The van der Waals surface area contributed by atoms with E-state index >= 15 is 0 Å². The number of phosphoric ester groups is 1. The largest absolute Gasteiger partial charge is 0.756 e. The number of fused-ring (bicyclic) bond motifs is 1. The van der Waals surface area contributed by atoms with Gasteiger partial charge in [0.25, 0.3) is 29.0 Å². The molecule has 3 rings (SSSR count). The van der Waals surface area contributed by atoms with E-state index in [0.717, 1.165) is 10.9 Å². The van der Waals surface area contributed by atoms with Crippen molar-refractivity contribution in [2.45, 2.75) is 24.5 Å². The summed E-state index contributed by atoms with van der Waals surface area (Å²) >= 11 is 0. The van der Waals surface area contributed by atoms with Gasteiger partial charge in [-0.05, 0) is 12.1 Å². The van der Waals surface area contributed by atoms with Gasteiger partial charge in [0.05, 0.1) is 12.0 Å². The fourth-order valence-electron chi connectivity index (χ4n) is 2.71. The van der Waals surface area contributed by atoms with Crippen molar-refractivity contribution in [3.05, 3.63) is 35.0 Å². The summed E-state index contributed by atoms with van der Waals surface area (Å²) in [5.41, 5.74) is -0.602. The lowest BCUT2D eigenvalue weighted by Crippen LogP contribution is -2.36. The van der Waals surface area contributed by atoms with Crippen LogP contribution < -0.4 is 38.7 Å². The van der Waals surface area contributed by atoms with E-state index < -0.39 is 60.2 Å². The van der Waals surface area contributed by atoms with Crippen molar-refractivity contribution in [2.24, 2.45) is 0 Å². The van der Waals surface area contributed by atoms with Crippen LogP contribution in [0.5, 0.6) is 0 Å². The van der Waals surface area contributed by atoms with Crippen molar-refractivity contribution in [3.63, 3.8) is 0 Å².